The van der Waals surface area contributed by atoms with E-state index in [0.29, 0.717) is 32.7 Å². The zero-order valence-corrected chi connectivity index (χ0v) is 14.7. The molecule has 0 aromatic rings. The third kappa shape index (κ3) is 6.62. The van der Waals surface area contributed by atoms with E-state index in [4.69, 9.17) is 9.47 Å². The first-order chi connectivity index (χ1) is 11.7. The second-order valence-corrected chi connectivity index (χ2v) is 6.08. The smallest absolute Gasteiger partial charge is 0.409 e. The van der Waals surface area contributed by atoms with Gasteiger partial charge in [0.2, 0.25) is 5.91 Å². The van der Waals surface area contributed by atoms with Crippen LogP contribution in [0.2, 0.25) is 0 Å². The maximum atomic E-state index is 11.9. The van der Waals surface area contributed by atoms with Crippen molar-refractivity contribution >= 4 is 12.0 Å². The highest BCUT2D eigenvalue weighted by atomic mass is 16.6. The van der Waals surface area contributed by atoms with E-state index in [-0.39, 0.29) is 12.0 Å². The number of morpholine rings is 1. The van der Waals surface area contributed by atoms with Gasteiger partial charge in [-0.1, -0.05) is 0 Å². The zero-order chi connectivity index (χ0) is 17.2. The molecule has 0 saturated carbocycles. The lowest BCUT2D eigenvalue weighted by molar-refractivity contribution is -0.121. The van der Waals surface area contributed by atoms with Gasteiger partial charge in [0.25, 0.3) is 0 Å². The van der Waals surface area contributed by atoms with Gasteiger partial charge >= 0.3 is 6.09 Å². The molecule has 0 radical (unpaired) electrons. The summed E-state index contributed by atoms with van der Waals surface area (Å²) in [5.74, 6) is 0.0936. The summed E-state index contributed by atoms with van der Waals surface area (Å²) in [4.78, 5) is 29.8. The summed E-state index contributed by atoms with van der Waals surface area (Å²) < 4.78 is 10.3. The predicted molar refractivity (Wildman–Crippen MR) is 89.9 cm³/mol. The molecule has 0 aliphatic carbocycles. The van der Waals surface area contributed by atoms with Crippen molar-refractivity contribution in [1.29, 1.82) is 0 Å². The van der Waals surface area contributed by atoms with Gasteiger partial charge in [-0.05, 0) is 6.92 Å². The van der Waals surface area contributed by atoms with Crippen molar-refractivity contribution in [3.63, 3.8) is 0 Å². The molecule has 2 fully saturated rings. The summed E-state index contributed by atoms with van der Waals surface area (Å²) in [6, 6.07) is 0. The van der Waals surface area contributed by atoms with Gasteiger partial charge in [-0.15, -0.1) is 0 Å². The van der Waals surface area contributed by atoms with Crippen molar-refractivity contribution in [2.75, 3.05) is 78.7 Å². The highest BCUT2D eigenvalue weighted by Crippen LogP contribution is 2.04. The van der Waals surface area contributed by atoms with Crippen LogP contribution in [0.5, 0.6) is 0 Å². The molecule has 2 amide bonds. The molecule has 2 heterocycles. The van der Waals surface area contributed by atoms with Crippen LogP contribution >= 0.6 is 0 Å². The van der Waals surface area contributed by atoms with Crippen molar-refractivity contribution in [2.45, 2.75) is 13.3 Å². The Bertz CT molecular complexity index is 394. The number of amides is 2. The second-order valence-electron chi connectivity index (χ2n) is 6.08. The third-order valence-corrected chi connectivity index (χ3v) is 4.41. The van der Waals surface area contributed by atoms with E-state index in [9.17, 15) is 9.59 Å². The van der Waals surface area contributed by atoms with Gasteiger partial charge in [0.05, 0.1) is 19.8 Å². The Morgan fingerprint density at radius 2 is 1.67 bits per heavy atom. The Hall–Kier alpha value is -1.38. The quantitative estimate of drug-likeness (QED) is 0.679. The van der Waals surface area contributed by atoms with Crippen LogP contribution in [-0.4, -0.2) is 105 Å². The number of rotatable bonds is 7. The van der Waals surface area contributed by atoms with Crippen molar-refractivity contribution in [3.05, 3.63) is 0 Å². The van der Waals surface area contributed by atoms with Crippen molar-refractivity contribution in [1.82, 2.24) is 20.0 Å². The Morgan fingerprint density at radius 3 is 2.33 bits per heavy atom. The minimum atomic E-state index is -0.238. The maximum absolute atomic E-state index is 11.9. The molecular weight excluding hydrogens is 312 g/mol. The minimum absolute atomic E-state index is 0.0936. The van der Waals surface area contributed by atoms with Crippen LogP contribution < -0.4 is 5.32 Å². The van der Waals surface area contributed by atoms with Crippen molar-refractivity contribution < 1.29 is 19.1 Å². The standard InChI is InChI=1S/C16H30N4O4/c1-2-24-16(22)20-9-7-18(8-10-20)5-3-15(21)17-4-6-19-11-13-23-14-12-19/h2-14H2,1H3,(H,17,21). The first-order valence-electron chi connectivity index (χ1n) is 8.90. The number of carbonyl (C=O) groups is 2. The van der Waals surface area contributed by atoms with E-state index in [1.54, 1.807) is 4.90 Å². The molecule has 0 unspecified atom stereocenters. The number of carbonyl (C=O) groups excluding carboxylic acids is 2. The summed E-state index contributed by atoms with van der Waals surface area (Å²) in [5.41, 5.74) is 0. The Morgan fingerprint density at radius 1 is 1.00 bits per heavy atom. The normalized spacial score (nSPS) is 20.0. The van der Waals surface area contributed by atoms with Gasteiger partial charge in [0.15, 0.2) is 0 Å². The zero-order valence-electron chi connectivity index (χ0n) is 14.7. The molecular formula is C16H30N4O4. The molecule has 0 spiro atoms. The number of hydrogen-bond acceptors (Lipinski definition) is 6. The van der Waals surface area contributed by atoms with Crippen molar-refractivity contribution in [3.8, 4) is 0 Å². The van der Waals surface area contributed by atoms with Gasteiger partial charge in [0, 0.05) is 65.3 Å². The summed E-state index contributed by atoms with van der Waals surface area (Å²) in [6.07, 6.45) is 0.265. The fourth-order valence-corrected chi connectivity index (χ4v) is 2.90. The number of hydrogen-bond donors (Lipinski definition) is 1. The summed E-state index contributed by atoms with van der Waals surface area (Å²) in [7, 11) is 0. The number of ether oxygens (including phenoxy) is 2. The molecule has 0 atom stereocenters. The molecule has 2 aliphatic heterocycles. The summed E-state index contributed by atoms with van der Waals surface area (Å²) in [6.45, 7) is 10.9. The van der Waals surface area contributed by atoms with Crippen molar-refractivity contribution in [2.24, 2.45) is 0 Å². The van der Waals surface area contributed by atoms with E-state index in [2.05, 4.69) is 15.1 Å². The molecule has 8 heteroatoms. The number of nitrogens with zero attached hydrogens (tertiary/aromatic N) is 3. The average Bonchev–Trinajstić information content (AvgIpc) is 2.61. The maximum Gasteiger partial charge on any atom is 0.409 e. The SMILES string of the molecule is CCOC(=O)N1CCN(CCC(=O)NCCN2CCOCC2)CC1. The van der Waals surface area contributed by atoms with Crippen LogP contribution in [-0.2, 0) is 14.3 Å². The minimum Gasteiger partial charge on any atom is -0.450 e. The van der Waals surface area contributed by atoms with E-state index in [1.165, 1.54) is 0 Å². The van der Waals surface area contributed by atoms with E-state index >= 15 is 0 Å². The topological polar surface area (TPSA) is 74.4 Å². The fourth-order valence-electron chi connectivity index (χ4n) is 2.90. The van der Waals surface area contributed by atoms with Gasteiger partial charge in [-0.3, -0.25) is 14.6 Å². The average molecular weight is 342 g/mol. The number of nitrogens with one attached hydrogen (secondary N) is 1. The lowest BCUT2D eigenvalue weighted by Gasteiger charge is -2.33. The van der Waals surface area contributed by atoms with E-state index in [0.717, 1.165) is 52.5 Å². The van der Waals surface area contributed by atoms with Crippen LogP contribution in [0, 0.1) is 0 Å². The summed E-state index contributed by atoms with van der Waals surface area (Å²) >= 11 is 0. The monoisotopic (exact) mass is 342 g/mol. The van der Waals surface area contributed by atoms with Gasteiger partial charge in [0.1, 0.15) is 0 Å². The second kappa shape index (κ2) is 10.5. The first kappa shape index (κ1) is 19.0. The highest BCUT2D eigenvalue weighted by Gasteiger charge is 2.22. The van der Waals surface area contributed by atoms with Gasteiger partial charge < -0.3 is 19.7 Å². The van der Waals surface area contributed by atoms with Gasteiger partial charge in [-0.25, -0.2) is 4.79 Å². The molecule has 8 nitrogen and oxygen atoms in total. The van der Waals surface area contributed by atoms with Crippen LogP contribution in [0.25, 0.3) is 0 Å². The Labute approximate surface area is 144 Å². The molecule has 0 aromatic heterocycles. The molecule has 1 N–H and O–H groups in total. The third-order valence-electron chi connectivity index (χ3n) is 4.41. The molecule has 24 heavy (non-hydrogen) atoms. The van der Waals surface area contributed by atoms with E-state index < -0.39 is 0 Å². The fraction of sp³-hybridized carbons (Fsp3) is 0.875. The first-order valence-corrected chi connectivity index (χ1v) is 8.90. The molecule has 138 valence electrons. The molecule has 0 aromatic carbocycles. The van der Waals surface area contributed by atoms with E-state index in [1.807, 2.05) is 6.92 Å². The number of piperazine rings is 1. The Balaban J connectivity index is 1.52. The lowest BCUT2D eigenvalue weighted by Crippen LogP contribution is -2.49. The Kier molecular flexibility index (Phi) is 8.27. The van der Waals surface area contributed by atoms with Crippen LogP contribution in [0.4, 0.5) is 4.79 Å². The molecule has 2 aliphatic rings. The van der Waals surface area contributed by atoms with Crippen LogP contribution in [0.15, 0.2) is 0 Å². The predicted octanol–water partition coefficient (Wildman–Crippen LogP) is -0.401. The van der Waals surface area contributed by atoms with Gasteiger partial charge in [-0.2, -0.15) is 0 Å². The highest BCUT2D eigenvalue weighted by molar-refractivity contribution is 5.76. The molecule has 0 bridgehead atoms. The lowest BCUT2D eigenvalue weighted by atomic mass is 10.3. The van der Waals surface area contributed by atoms with Crippen LogP contribution in [0.3, 0.4) is 0 Å². The summed E-state index contributed by atoms with van der Waals surface area (Å²) in [5, 5.41) is 2.98. The molecule has 2 saturated heterocycles. The van der Waals surface area contributed by atoms with Crippen LogP contribution in [0.1, 0.15) is 13.3 Å². The molecule has 2 rings (SSSR count). The largest absolute Gasteiger partial charge is 0.450 e.